The maximum Gasteiger partial charge on any atom is 0.247 e. The smallest absolute Gasteiger partial charge is 0.247 e. The lowest BCUT2D eigenvalue weighted by Gasteiger charge is -2.36. The van der Waals surface area contributed by atoms with Crippen LogP contribution in [0.3, 0.4) is 0 Å². The van der Waals surface area contributed by atoms with Crippen LogP contribution in [0.15, 0.2) is 4.52 Å². The first-order valence-corrected chi connectivity index (χ1v) is 7.84. The first kappa shape index (κ1) is 14.9. The summed E-state index contributed by atoms with van der Waals surface area (Å²) < 4.78 is 16.7. The first-order chi connectivity index (χ1) is 10.1. The summed E-state index contributed by atoms with van der Waals surface area (Å²) in [6.07, 6.45) is 5.65. The number of nitrogens with zero attached hydrogens (tertiary/aromatic N) is 2. The van der Waals surface area contributed by atoms with Gasteiger partial charge in [0.1, 0.15) is 11.1 Å². The largest absolute Gasteiger partial charge is 0.381 e. The van der Waals surface area contributed by atoms with Crippen LogP contribution >= 0.6 is 0 Å². The minimum absolute atomic E-state index is 0.416. The summed E-state index contributed by atoms with van der Waals surface area (Å²) in [5.74, 6) is 1.79. The summed E-state index contributed by atoms with van der Waals surface area (Å²) in [6, 6.07) is 0. The van der Waals surface area contributed by atoms with Gasteiger partial charge in [0, 0.05) is 20.3 Å². The second-order valence-electron chi connectivity index (χ2n) is 6.59. The molecule has 1 aromatic heterocycles. The normalized spacial score (nSPS) is 33.0. The molecule has 21 heavy (non-hydrogen) atoms. The number of aromatic nitrogens is 2. The molecule has 1 aromatic rings. The fourth-order valence-electron chi connectivity index (χ4n) is 3.54. The van der Waals surface area contributed by atoms with Gasteiger partial charge in [0.15, 0.2) is 0 Å². The Morgan fingerprint density at radius 1 is 1.29 bits per heavy atom. The highest BCUT2D eigenvalue weighted by Gasteiger charge is 2.43. The molecule has 2 N–H and O–H groups in total. The predicted octanol–water partition coefficient (Wildman–Crippen LogP) is 2.09. The van der Waals surface area contributed by atoms with E-state index < -0.39 is 11.1 Å². The topological polar surface area (TPSA) is 83.4 Å². The van der Waals surface area contributed by atoms with E-state index in [1.807, 2.05) is 0 Å². The minimum Gasteiger partial charge on any atom is -0.381 e. The first-order valence-electron chi connectivity index (χ1n) is 7.84. The van der Waals surface area contributed by atoms with Crippen molar-refractivity contribution in [3.05, 3.63) is 11.7 Å². The molecule has 2 heterocycles. The zero-order valence-corrected chi connectivity index (χ0v) is 12.9. The van der Waals surface area contributed by atoms with Crippen molar-refractivity contribution in [2.24, 2.45) is 11.7 Å². The van der Waals surface area contributed by atoms with E-state index in [0.29, 0.717) is 43.7 Å². The minimum atomic E-state index is -0.557. The van der Waals surface area contributed by atoms with Crippen LogP contribution in [0.5, 0.6) is 0 Å². The second kappa shape index (κ2) is 5.66. The summed E-state index contributed by atoms with van der Waals surface area (Å²) >= 11 is 0. The maximum absolute atomic E-state index is 6.42. The maximum atomic E-state index is 6.42. The summed E-state index contributed by atoms with van der Waals surface area (Å²) in [7, 11) is 1.74. The van der Waals surface area contributed by atoms with Gasteiger partial charge in [-0.05, 0) is 38.0 Å². The van der Waals surface area contributed by atoms with E-state index in [1.165, 1.54) is 6.42 Å². The van der Waals surface area contributed by atoms with Crippen LogP contribution in [0.25, 0.3) is 0 Å². The molecule has 2 atom stereocenters. The molecule has 1 aliphatic heterocycles. The third-order valence-electron chi connectivity index (χ3n) is 4.99. The van der Waals surface area contributed by atoms with E-state index in [9.17, 15) is 0 Å². The Balaban J connectivity index is 1.86. The van der Waals surface area contributed by atoms with Gasteiger partial charge in [0.25, 0.3) is 0 Å². The molecule has 1 saturated heterocycles. The van der Waals surface area contributed by atoms with Crippen molar-refractivity contribution in [3.8, 4) is 0 Å². The lowest BCUT2D eigenvalue weighted by molar-refractivity contribution is -0.0658. The predicted molar refractivity (Wildman–Crippen MR) is 76.5 cm³/mol. The average Bonchev–Trinajstić information content (AvgIpc) is 2.99. The van der Waals surface area contributed by atoms with E-state index in [0.717, 1.165) is 19.3 Å². The second-order valence-corrected chi connectivity index (χ2v) is 6.59. The van der Waals surface area contributed by atoms with Crippen LogP contribution < -0.4 is 5.73 Å². The number of nitrogens with two attached hydrogens (primary N) is 1. The fourth-order valence-corrected chi connectivity index (χ4v) is 3.54. The van der Waals surface area contributed by atoms with Crippen LogP contribution in [0, 0.1) is 5.92 Å². The van der Waals surface area contributed by atoms with E-state index in [1.54, 1.807) is 7.11 Å². The van der Waals surface area contributed by atoms with Crippen molar-refractivity contribution in [2.75, 3.05) is 20.3 Å². The Bertz CT molecular complexity index is 484. The summed E-state index contributed by atoms with van der Waals surface area (Å²) in [5.41, 5.74) is 5.45. The molecular formula is C15H25N3O3. The van der Waals surface area contributed by atoms with Crippen molar-refractivity contribution in [1.82, 2.24) is 10.1 Å². The van der Waals surface area contributed by atoms with Gasteiger partial charge >= 0.3 is 0 Å². The molecule has 0 amide bonds. The van der Waals surface area contributed by atoms with Gasteiger partial charge in [-0.2, -0.15) is 4.98 Å². The third-order valence-corrected chi connectivity index (χ3v) is 4.99. The Morgan fingerprint density at radius 3 is 2.71 bits per heavy atom. The molecule has 2 aliphatic rings. The zero-order chi connectivity index (χ0) is 14.9. The number of rotatable bonds is 3. The number of ether oxygens (including phenoxy) is 2. The van der Waals surface area contributed by atoms with E-state index in [2.05, 4.69) is 17.1 Å². The molecule has 0 radical (unpaired) electrons. The van der Waals surface area contributed by atoms with Crippen molar-refractivity contribution in [1.29, 1.82) is 0 Å². The Labute approximate surface area is 125 Å². The van der Waals surface area contributed by atoms with Gasteiger partial charge in [-0.15, -0.1) is 0 Å². The lowest BCUT2D eigenvalue weighted by atomic mass is 9.78. The number of methoxy groups -OCH3 is 1. The monoisotopic (exact) mass is 295 g/mol. The molecule has 2 unspecified atom stereocenters. The van der Waals surface area contributed by atoms with Gasteiger partial charge in [-0.25, -0.2) is 0 Å². The van der Waals surface area contributed by atoms with Gasteiger partial charge < -0.3 is 19.7 Å². The highest BCUT2D eigenvalue weighted by atomic mass is 16.5. The SMILES string of the molecule is COC1(c2noc(C3(N)CCOCC3)n2)CCCC(C)C1. The zero-order valence-electron chi connectivity index (χ0n) is 12.9. The highest BCUT2D eigenvalue weighted by molar-refractivity contribution is 5.09. The van der Waals surface area contributed by atoms with Gasteiger partial charge in [0.05, 0.1) is 0 Å². The van der Waals surface area contributed by atoms with E-state index in [-0.39, 0.29) is 0 Å². The highest BCUT2D eigenvalue weighted by Crippen LogP contribution is 2.42. The lowest BCUT2D eigenvalue weighted by Crippen LogP contribution is -2.42. The van der Waals surface area contributed by atoms with E-state index >= 15 is 0 Å². The Morgan fingerprint density at radius 2 is 2.05 bits per heavy atom. The van der Waals surface area contributed by atoms with Gasteiger partial charge in [-0.1, -0.05) is 18.5 Å². The van der Waals surface area contributed by atoms with Crippen LogP contribution in [-0.4, -0.2) is 30.5 Å². The van der Waals surface area contributed by atoms with Gasteiger partial charge in [-0.3, -0.25) is 0 Å². The molecule has 1 aliphatic carbocycles. The molecule has 3 rings (SSSR count). The standard InChI is InChI=1S/C15H25N3O3/c1-11-4-3-5-15(10-11,19-2)12-17-13(21-18-12)14(16)6-8-20-9-7-14/h11H,3-10,16H2,1-2H3. The van der Waals surface area contributed by atoms with Gasteiger partial charge in [0.2, 0.25) is 11.7 Å². The summed E-state index contributed by atoms with van der Waals surface area (Å²) in [6.45, 7) is 3.53. The van der Waals surface area contributed by atoms with Crippen molar-refractivity contribution >= 4 is 0 Å². The van der Waals surface area contributed by atoms with Crippen molar-refractivity contribution in [3.63, 3.8) is 0 Å². The van der Waals surface area contributed by atoms with Crippen molar-refractivity contribution < 1.29 is 14.0 Å². The fraction of sp³-hybridized carbons (Fsp3) is 0.867. The van der Waals surface area contributed by atoms with Crippen LogP contribution in [0.2, 0.25) is 0 Å². The number of hydrogen-bond donors (Lipinski definition) is 1. The van der Waals surface area contributed by atoms with Crippen molar-refractivity contribution in [2.45, 2.75) is 56.6 Å². The summed E-state index contributed by atoms with van der Waals surface area (Å²) in [4.78, 5) is 4.62. The number of hydrogen-bond acceptors (Lipinski definition) is 6. The van der Waals surface area contributed by atoms with Crippen LogP contribution in [-0.2, 0) is 20.6 Å². The molecule has 0 aromatic carbocycles. The Hall–Kier alpha value is -0.980. The Kier molecular flexibility index (Phi) is 4.03. The quantitative estimate of drug-likeness (QED) is 0.919. The molecular weight excluding hydrogens is 270 g/mol. The van der Waals surface area contributed by atoms with E-state index in [4.69, 9.17) is 19.7 Å². The summed E-state index contributed by atoms with van der Waals surface area (Å²) in [5, 5.41) is 4.21. The van der Waals surface area contributed by atoms with Crippen LogP contribution in [0.4, 0.5) is 0 Å². The molecule has 2 fully saturated rings. The molecule has 1 saturated carbocycles. The molecule has 118 valence electrons. The van der Waals surface area contributed by atoms with Crippen LogP contribution in [0.1, 0.15) is 57.2 Å². The molecule has 0 spiro atoms. The molecule has 0 bridgehead atoms. The average molecular weight is 295 g/mol. The third kappa shape index (κ3) is 2.72. The molecule has 6 heteroatoms. The molecule has 6 nitrogen and oxygen atoms in total.